The Bertz CT molecular complexity index is 999. The fraction of sp³-hybridized carbons (Fsp3) is 0.333. The molecule has 0 fully saturated rings. The van der Waals surface area contributed by atoms with Crippen LogP contribution in [0.5, 0.6) is 5.75 Å². The third kappa shape index (κ3) is 3.58. The first-order chi connectivity index (χ1) is 12.5. The second kappa shape index (κ2) is 7.87. The van der Waals surface area contributed by atoms with Crippen molar-refractivity contribution in [3.63, 3.8) is 0 Å². The van der Waals surface area contributed by atoms with Crippen molar-refractivity contribution < 1.29 is 9.53 Å². The van der Waals surface area contributed by atoms with E-state index >= 15 is 0 Å². The van der Waals surface area contributed by atoms with Gasteiger partial charge in [0, 0.05) is 6.54 Å². The summed E-state index contributed by atoms with van der Waals surface area (Å²) in [6, 6.07) is 13.7. The van der Waals surface area contributed by atoms with Crippen molar-refractivity contribution in [2.45, 2.75) is 39.7 Å². The number of benzene rings is 2. The van der Waals surface area contributed by atoms with Gasteiger partial charge >= 0.3 is 0 Å². The number of rotatable bonds is 5. The highest BCUT2D eigenvalue weighted by Crippen LogP contribution is 2.24. The van der Waals surface area contributed by atoms with Gasteiger partial charge in [-0.2, -0.15) is 4.99 Å². The average molecular weight is 369 g/mol. The molecule has 0 N–H and O–H groups in total. The lowest BCUT2D eigenvalue weighted by Gasteiger charge is -2.06. The summed E-state index contributed by atoms with van der Waals surface area (Å²) in [4.78, 5) is 17.9. The van der Waals surface area contributed by atoms with Crippen molar-refractivity contribution in [3.05, 3.63) is 58.4 Å². The Morgan fingerprint density at radius 1 is 1.23 bits per heavy atom. The van der Waals surface area contributed by atoms with Crippen LogP contribution in [0.3, 0.4) is 0 Å². The maximum atomic E-state index is 12.7. The van der Waals surface area contributed by atoms with Crippen LogP contribution in [0.15, 0.2) is 47.5 Å². The first-order valence-corrected chi connectivity index (χ1v) is 9.72. The van der Waals surface area contributed by atoms with E-state index in [0.717, 1.165) is 28.0 Å². The largest absolute Gasteiger partial charge is 0.496 e. The quantitative estimate of drug-likeness (QED) is 0.637. The molecule has 4 nitrogen and oxygen atoms in total. The lowest BCUT2D eigenvalue weighted by molar-refractivity contribution is 0.0995. The van der Waals surface area contributed by atoms with Crippen LogP contribution < -0.4 is 9.54 Å². The van der Waals surface area contributed by atoms with Crippen molar-refractivity contribution in [2.24, 2.45) is 4.99 Å². The standard InChI is InChI=1S/C21H24N2O2S/c1-5-12-23-17-11-10-15(14(2)3)13-19(17)26-21(23)22-20(24)16-8-6-7-9-18(16)25-4/h6-11,13-14H,5,12H2,1-4H3. The van der Waals surface area contributed by atoms with Crippen LogP contribution >= 0.6 is 11.3 Å². The smallest absolute Gasteiger partial charge is 0.283 e. The average Bonchev–Trinajstić information content (AvgIpc) is 2.98. The highest BCUT2D eigenvalue weighted by molar-refractivity contribution is 7.16. The molecule has 0 saturated heterocycles. The number of methoxy groups -OCH3 is 1. The molecule has 5 heteroatoms. The second-order valence-corrected chi connectivity index (χ2v) is 7.54. The van der Waals surface area contributed by atoms with Crippen LogP contribution in [0, 0.1) is 0 Å². The molecule has 26 heavy (non-hydrogen) atoms. The molecule has 136 valence electrons. The topological polar surface area (TPSA) is 43.6 Å². The predicted octanol–water partition coefficient (Wildman–Crippen LogP) is 4.99. The summed E-state index contributed by atoms with van der Waals surface area (Å²) in [7, 11) is 1.57. The Morgan fingerprint density at radius 3 is 2.69 bits per heavy atom. The van der Waals surface area contributed by atoms with E-state index in [2.05, 4.69) is 48.5 Å². The maximum absolute atomic E-state index is 12.7. The number of hydrogen-bond donors (Lipinski definition) is 0. The van der Waals surface area contributed by atoms with Crippen molar-refractivity contribution in [1.82, 2.24) is 4.57 Å². The molecule has 0 spiro atoms. The molecule has 0 unspecified atom stereocenters. The lowest BCUT2D eigenvalue weighted by atomic mass is 10.0. The van der Waals surface area contributed by atoms with Crippen LogP contribution in [-0.2, 0) is 6.54 Å². The molecule has 3 aromatic rings. The molecular formula is C21H24N2O2S. The van der Waals surface area contributed by atoms with E-state index in [4.69, 9.17) is 4.74 Å². The highest BCUT2D eigenvalue weighted by Gasteiger charge is 2.13. The van der Waals surface area contributed by atoms with Gasteiger partial charge in [-0.3, -0.25) is 4.79 Å². The molecule has 3 rings (SSSR count). The minimum absolute atomic E-state index is 0.275. The Labute approximate surface area is 157 Å². The number of aryl methyl sites for hydroxylation is 1. The number of para-hydroxylation sites is 1. The summed E-state index contributed by atoms with van der Waals surface area (Å²) < 4.78 is 8.60. The number of aromatic nitrogens is 1. The van der Waals surface area contributed by atoms with Crippen LogP contribution in [0.4, 0.5) is 0 Å². The van der Waals surface area contributed by atoms with Gasteiger partial charge in [0.15, 0.2) is 4.80 Å². The van der Waals surface area contributed by atoms with E-state index in [1.165, 1.54) is 5.56 Å². The van der Waals surface area contributed by atoms with Crippen LogP contribution in [0.2, 0.25) is 0 Å². The summed E-state index contributed by atoms with van der Waals surface area (Å²) in [5.74, 6) is 0.742. The molecule has 0 radical (unpaired) electrons. The number of carbonyl (C=O) groups is 1. The van der Waals surface area contributed by atoms with Crippen molar-refractivity contribution in [2.75, 3.05) is 7.11 Å². The Hall–Kier alpha value is -2.40. The number of hydrogen-bond acceptors (Lipinski definition) is 3. The highest BCUT2D eigenvalue weighted by atomic mass is 32.1. The molecule has 1 heterocycles. The van der Waals surface area contributed by atoms with Gasteiger partial charge in [-0.15, -0.1) is 0 Å². The summed E-state index contributed by atoms with van der Waals surface area (Å²) in [6.45, 7) is 7.33. The number of nitrogens with zero attached hydrogens (tertiary/aromatic N) is 2. The number of ether oxygens (including phenoxy) is 1. The second-order valence-electron chi connectivity index (χ2n) is 6.54. The zero-order valence-corrected chi connectivity index (χ0v) is 16.5. The number of carbonyl (C=O) groups excluding carboxylic acids is 1. The fourth-order valence-corrected chi connectivity index (χ4v) is 4.05. The predicted molar refractivity (Wildman–Crippen MR) is 107 cm³/mol. The number of amides is 1. The Morgan fingerprint density at radius 2 is 2.00 bits per heavy atom. The van der Waals surface area contributed by atoms with Gasteiger partial charge in [0.1, 0.15) is 5.75 Å². The first kappa shape index (κ1) is 18.4. The van der Waals surface area contributed by atoms with Crippen LogP contribution in [0.25, 0.3) is 10.2 Å². The zero-order valence-electron chi connectivity index (χ0n) is 15.7. The summed E-state index contributed by atoms with van der Waals surface area (Å²) >= 11 is 1.57. The first-order valence-electron chi connectivity index (χ1n) is 8.90. The molecule has 0 aliphatic rings. The van der Waals surface area contributed by atoms with E-state index in [0.29, 0.717) is 17.2 Å². The van der Waals surface area contributed by atoms with Crippen molar-refractivity contribution >= 4 is 27.5 Å². The van der Waals surface area contributed by atoms with Gasteiger partial charge in [-0.05, 0) is 42.2 Å². The number of thiazole rings is 1. The summed E-state index contributed by atoms with van der Waals surface area (Å²) in [5.41, 5.74) is 2.91. The monoisotopic (exact) mass is 368 g/mol. The molecule has 2 aromatic carbocycles. The molecule has 0 atom stereocenters. The normalized spacial score (nSPS) is 12.1. The zero-order chi connectivity index (χ0) is 18.7. The molecule has 0 bridgehead atoms. The molecule has 0 aliphatic heterocycles. The van der Waals surface area contributed by atoms with Crippen LogP contribution in [0.1, 0.15) is 49.0 Å². The molecule has 0 aliphatic carbocycles. The third-order valence-electron chi connectivity index (χ3n) is 4.36. The van der Waals surface area contributed by atoms with Gasteiger partial charge < -0.3 is 9.30 Å². The maximum Gasteiger partial charge on any atom is 0.283 e. The Kier molecular flexibility index (Phi) is 5.57. The molecule has 0 saturated carbocycles. The van der Waals surface area contributed by atoms with Crippen LogP contribution in [-0.4, -0.2) is 17.6 Å². The Balaban J connectivity index is 2.14. The van der Waals surface area contributed by atoms with Crippen molar-refractivity contribution in [3.8, 4) is 5.75 Å². The van der Waals surface area contributed by atoms with Crippen molar-refractivity contribution in [1.29, 1.82) is 0 Å². The minimum Gasteiger partial charge on any atom is -0.496 e. The summed E-state index contributed by atoms with van der Waals surface area (Å²) in [6.07, 6.45) is 0.980. The van der Waals surface area contributed by atoms with E-state index in [1.807, 2.05) is 12.1 Å². The van der Waals surface area contributed by atoms with Gasteiger partial charge in [-0.1, -0.05) is 50.3 Å². The third-order valence-corrected chi connectivity index (χ3v) is 5.40. The van der Waals surface area contributed by atoms with E-state index in [1.54, 1.807) is 30.6 Å². The SMILES string of the molecule is CCCn1c(=NC(=O)c2ccccc2OC)sc2cc(C(C)C)ccc21. The fourth-order valence-electron chi connectivity index (χ4n) is 2.94. The van der Waals surface area contributed by atoms with Gasteiger partial charge in [0.05, 0.1) is 22.9 Å². The number of fused-ring (bicyclic) bond motifs is 1. The van der Waals surface area contributed by atoms with Gasteiger partial charge in [-0.25, -0.2) is 0 Å². The lowest BCUT2D eigenvalue weighted by Crippen LogP contribution is -2.17. The molecule has 1 aromatic heterocycles. The summed E-state index contributed by atoms with van der Waals surface area (Å²) in [5, 5.41) is 0. The molecule has 1 amide bonds. The molecular weight excluding hydrogens is 344 g/mol. The minimum atomic E-state index is -0.275. The van der Waals surface area contributed by atoms with Gasteiger partial charge in [0.2, 0.25) is 0 Å². The van der Waals surface area contributed by atoms with E-state index in [-0.39, 0.29) is 5.91 Å². The van der Waals surface area contributed by atoms with E-state index < -0.39 is 0 Å². The van der Waals surface area contributed by atoms with E-state index in [9.17, 15) is 4.79 Å². The van der Waals surface area contributed by atoms with Gasteiger partial charge in [0.25, 0.3) is 5.91 Å².